The quantitative estimate of drug-likeness (QED) is 0.374. The van der Waals surface area contributed by atoms with Gasteiger partial charge in [-0.1, -0.05) is 18.2 Å². The van der Waals surface area contributed by atoms with Crippen LogP contribution in [0.25, 0.3) is 0 Å². The van der Waals surface area contributed by atoms with Crippen LogP contribution in [-0.4, -0.2) is 0 Å². The van der Waals surface area contributed by atoms with Crippen molar-refractivity contribution in [2.45, 2.75) is 19.8 Å². The molecular formula is C7H12. The largest absolute Gasteiger partial charge is 0.103 e. The lowest BCUT2D eigenvalue weighted by Gasteiger charge is -1.79. The summed E-state index contributed by atoms with van der Waals surface area (Å²) >= 11 is 0. The zero-order valence-electron chi connectivity index (χ0n) is 4.85. The van der Waals surface area contributed by atoms with E-state index in [0.717, 1.165) is 12.8 Å². The van der Waals surface area contributed by atoms with Gasteiger partial charge in [0, 0.05) is 0 Å². The van der Waals surface area contributed by atoms with Crippen LogP contribution in [0.1, 0.15) is 19.8 Å². The van der Waals surface area contributed by atoms with Gasteiger partial charge in [0.2, 0.25) is 0 Å². The second-order valence-corrected chi connectivity index (χ2v) is 1.44. The topological polar surface area (TPSA) is 0 Å². The summed E-state index contributed by atoms with van der Waals surface area (Å²) in [6, 6.07) is 0. The average molecular weight is 96.2 g/mol. The Morgan fingerprint density at radius 2 is 2.14 bits per heavy atom. The third kappa shape index (κ3) is 5.48. The molecule has 40 valence electrons. The molecule has 0 radical (unpaired) electrons. The zero-order valence-corrected chi connectivity index (χ0v) is 4.85. The van der Waals surface area contributed by atoms with Gasteiger partial charge in [-0.15, -0.1) is 6.58 Å². The molecule has 0 nitrogen and oxygen atoms in total. The van der Waals surface area contributed by atoms with Crippen LogP contribution in [0.15, 0.2) is 24.8 Å². The molecule has 0 saturated heterocycles. The summed E-state index contributed by atoms with van der Waals surface area (Å²) in [6.45, 7) is 5.63. The molecule has 0 rings (SSSR count). The van der Waals surface area contributed by atoms with E-state index in [0.29, 0.717) is 0 Å². The molecule has 0 heterocycles. The minimum atomic E-state index is 1.10. The summed E-state index contributed by atoms with van der Waals surface area (Å²) in [4.78, 5) is 0. The Bertz CT molecular complexity index is 60.4. The maximum absolute atomic E-state index is 3.60. The second kappa shape index (κ2) is 5.48. The molecule has 0 saturated carbocycles. The van der Waals surface area contributed by atoms with E-state index in [4.69, 9.17) is 0 Å². The van der Waals surface area contributed by atoms with E-state index in [1.54, 1.807) is 0 Å². The first-order valence-corrected chi connectivity index (χ1v) is 2.64. The van der Waals surface area contributed by atoms with E-state index in [2.05, 4.69) is 18.7 Å². The normalized spacial score (nSPS) is 9.86. The fourth-order valence-corrected chi connectivity index (χ4v) is 0.381. The van der Waals surface area contributed by atoms with Crippen LogP contribution in [-0.2, 0) is 0 Å². The maximum atomic E-state index is 3.60. The lowest BCUT2D eigenvalue weighted by atomic mass is 10.3. The highest BCUT2D eigenvalue weighted by Gasteiger charge is 1.68. The summed E-state index contributed by atoms with van der Waals surface area (Å²) in [5, 5.41) is 0. The highest BCUT2D eigenvalue weighted by molar-refractivity contribution is 4.80. The molecule has 0 amide bonds. The SMILES string of the molecule is C=CCC/C=C/C. The molecule has 0 N–H and O–H groups in total. The summed E-state index contributed by atoms with van der Waals surface area (Å²) < 4.78 is 0. The minimum absolute atomic E-state index is 1.10. The summed E-state index contributed by atoms with van der Waals surface area (Å²) in [7, 11) is 0. The molecule has 0 aliphatic rings. The Balaban J connectivity index is 2.82. The highest BCUT2D eigenvalue weighted by Crippen LogP contribution is 1.88. The van der Waals surface area contributed by atoms with Gasteiger partial charge in [0.15, 0.2) is 0 Å². The van der Waals surface area contributed by atoms with E-state index >= 15 is 0 Å². The number of unbranched alkanes of at least 4 members (excludes halogenated alkanes) is 1. The Morgan fingerprint density at radius 3 is 2.57 bits per heavy atom. The maximum Gasteiger partial charge on any atom is -0.0316 e. The Hall–Kier alpha value is -0.520. The van der Waals surface area contributed by atoms with Gasteiger partial charge in [0.05, 0.1) is 0 Å². The molecule has 0 aromatic rings. The van der Waals surface area contributed by atoms with Crippen molar-refractivity contribution in [3.63, 3.8) is 0 Å². The van der Waals surface area contributed by atoms with Crippen molar-refractivity contribution in [1.82, 2.24) is 0 Å². The summed E-state index contributed by atoms with van der Waals surface area (Å²) in [5.74, 6) is 0. The van der Waals surface area contributed by atoms with Crippen molar-refractivity contribution in [2.75, 3.05) is 0 Å². The molecule has 0 spiro atoms. The Labute approximate surface area is 45.5 Å². The first-order chi connectivity index (χ1) is 3.41. The first-order valence-electron chi connectivity index (χ1n) is 2.64. The molecule has 0 aliphatic heterocycles. The molecule has 7 heavy (non-hydrogen) atoms. The van der Waals surface area contributed by atoms with Crippen molar-refractivity contribution in [1.29, 1.82) is 0 Å². The van der Waals surface area contributed by atoms with Crippen molar-refractivity contribution < 1.29 is 0 Å². The Morgan fingerprint density at radius 1 is 1.43 bits per heavy atom. The van der Waals surface area contributed by atoms with Crippen LogP contribution in [0.3, 0.4) is 0 Å². The molecule has 0 fully saturated rings. The van der Waals surface area contributed by atoms with Crippen LogP contribution in [0, 0.1) is 0 Å². The van der Waals surface area contributed by atoms with Gasteiger partial charge in [0.25, 0.3) is 0 Å². The van der Waals surface area contributed by atoms with E-state index in [9.17, 15) is 0 Å². The van der Waals surface area contributed by atoms with Crippen LogP contribution in [0.4, 0.5) is 0 Å². The van der Waals surface area contributed by atoms with Crippen molar-refractivity contribution >= 4 is 0 Å². The fourth-order valence-electron chi connectivity index (χ4n) is 0.381. The summed E-state index contributed by atoms with van der Waals surface area (Å²) in [6.07, 6.45) is 8.37. The van der Waals surface area contributed by atoms with Crippen LogP contribution >= 0.6 is 0 Å². The predicted molar refractivity (Wildman–Crippen MR) is 34.2 cm³/mol. The molecule has 0 bridgehead atoms. The lowest BCUT2D eigenvalue weighted by Crippen LogP contribution is -1.58. The van der Waals surface area contributed by atoms with Crippen LogP contribution in [0.5, 0.6) is 0 Å². The van der Waals surface area contributed by atoms with Crippen molar-refractivity contribution in [2.24, 2.45) is 0 Å². The van der Waals surface area contributed by atoms with E-state index in [1.807, 2.05) is 13.0 Å². The van der Waals surface area contributed by atoms with Crippen LogP contribution in [0.2, 0.25) is 0 Å². The van der Waals surface area contributed by atoms with Gasteiger partial charge < -0.3 is 0 Å². The van der Waals surface area contributed by atoms with Gasteiger partial charge in [-0.25, -0.2) is 0 Å². The Kier molecular flexibility index (Phi) is 5.07. The molecule has 0 aliphatic carbocycles. The number of hydrogen-bond donors (Lipinski definition) is 0. The zero-order chi connectivity index (χ0) is 5.54. The smallest absolute Gasteiger partial charge is 0.0316 e. The fraction of sp³-hybridized carbons (Fsp3) is 0.429. The van der Waals surface area contributed by atoms with E-state index in [1.165, 1.54) is 0 Å². The number of rotatable bonds is 3. The number of hydrogen-bond acceptors (Lipinski definition) is 0. The van der Waals surface area contributed by atoms with E-state index < -0.39 is 0 Å². The third-order valence-corrected chi connectivity index (χ3v) is 0.773. The molecular weight excluding hydrogens is 84.1 g/mol. The first kappa shape index (κ1) is 6.48. The van der Waals surface area contributed by atoms with Crippen molar-refractivity contribution in [3.05, 3.63) is 24.8 Å². The van der Waals surface area contributed by atoms with E-state index in [-0.39, 0.29) is 0 Å². The molecule has 0 aromatic carbocycles. The molecule has 0 aromatic heterocycles. The van der Waals surface area contributed by atoms with Gasteiger partial charge in [-0.3, -0.25) is 0 Å². The van der Waals surface area contributed by atoms with Gasteiger partial charge in [0.1, 0.15) is 0 Å². The minimum Gasteiger partial charge on any atom is -0.103 e. The molecule has 0 unspecified atom stereocenters. The number of allylic oxidation sites excluding steroid dienone is 3. The van der Waals surface area contributed by atoms with Gasteiger partial charge >= 0.3 is 0 Å². The van der Waals surface area contributed by atoms with Gasteiger partial charge in [-0.2, -0.15) is 0 Å². The lowest BCUT2D eigenvalue weighted by molar-refractivity contribution is 1.05. The third-order valence-electron chi connectivity index (χ3n) is 0.773. The average Bonchev–Trinajstić information content (AvgIpc) is 1.69. The van der Waals surface area contributed by atoms with Gasteiger partial charge in [-0.05, 0) is 19.8 Å². The van der Waals surface area contributed by atoms with Crippen LogP contribution < -0.4 is 0 Å². The predicted octanol–water partition coefficient (Wildman–Crippen LogP) is 2.53. The molecule has 0 atom stereocenters. The monoisotopic (exact) mass is 96.1 g/mol. The summed E-state index contributed by atoms with van der Waals surface area (Å²) in [5.41, 5.74) is 0. The van der Waals surface area contributed by atoms with Crippen molar-refractivity contribution in [3.8, 4) is 0 Å². The highest BCUT2D eigenvalue weighted by atomic mass is 13.7. The molecule has 0 heteroatoms. The second-order valence-electron chi connectivity index (χ2n) is 1.44. The standard InChI is InChI=1S/C7H12/c1-3-5-7-6-4-2/h3-4,6H,1,5,7H2,2H3/b6-4+.